The molecule has 2 heterocycles. The van der Waals surface area contributed by atoms with Crippen LogP contribution in [0, 0.1) is 0 Å². The summed E-state index contributed by atoms with van der Waals surface area (Å²) in [4.78, 5) is 15.9. The summed E-state index contributed by atoms with van der Waals surface area (Å²) in [5.74, 6) is -0.370. The van der Waals surface area contributed by atoms with Crippen molar-refractivity contribution in [2.24, 2.45) is 0 Å². The molecule has 3 heteroatoms. The molecule has 0 N–H and O–H groups in total. The van der Waals surface area contributed by atoms with E-state index in [2.05, 4.69) is 48.3 Å². The van der Waals surface area contributed by atoms with Crippen LogP contribution in [-0.4, -0.2) is 36.1 Å². The Hall–Kier alpha value is -2.13. The second-order valence-corrected chi connectivity index (χ2v) is 8.35. The minimum atomic E-state index is -0.302. The highest BCUT2D eigenvalue weighted by Crippen LogP contribution is 2.39. The summed E-state index contributed by atoms with van der Waals surface area (Å²) in [5.41, 5.74) is 4.80. The number of fused-ring (bicyclic) bond motifs is 4. The van der Waals surface area contributed by atoms with Gasteiger partial charge in [-0.3, -0.25) is 9.69 Å². The van der Waals surface area contributed by atoms with Gasteiger partial charge in [0, 0.05) is 12.1 Å². The van der Waals surface area contributed by atoms with Crippen LogP contribution in [0.2, 0.25) is 0 Å². The lowest BCUT2D eigenvalue weighted by Gasteiger charge is -2.37. The Bertz CT molecular complexity index is 813. The Morgan fingerprint density at radius 3 is 2.15 bits per heavy atom. The van der Waals surface area contributed by atoms with Gasteiger partial charge >= 0.3 is 5.97 Å². The molecular weight excluding hydrogens is 334 g/mol. The lowest BCUT2D eigenvalue weighted by atomic mass is 9.88. The van der Waals surface area contributed by atoms with Gasteiger partial charge in [0.25, 0.3) is 0 Å². The third kappa shape index (κ3) is 2.89. The van der Waals surface area contributed by atoms with E-state index in [0.717, 1.165) is 43.2 Å². The zero-order chi connectivity index (χ0) is 18.4. The molecule has 1 aliphatic carbocycles. The van der Waals surface area contributed by atoms with Crippen LogP contribution in [0.5, 0.6) is 0 Å². The SMILES string of the molecule is CN1C2CCC1[C@@H](OC(=O)C1c3ccccc3CCc3ccccc31)CC2. The molecule has 3 nitrogen and oxygen atoms in total. The number of carbonyl (C=O) groups excluding carboxylic acids is 1. The number of likely N-dealkylation sites (N-methyl/N-ethyl adjacent to an activating group) is 1. The van der Waals surface area contributed by atoms with Crippen LogP contribution in [0.3, 0.4) is 0 Å². The van der Waals surface area contributed by atoms with Gasteiger partial charge in [-0.15, -0.1) is 0 Å². The third-order valence-corrected chi connectivity index (χ3v) is 7.01. The van der Waals surface area contributed by atoms with E-state index in [1.807, 2.05) is 12.1 Å². The van der Waals surface area contributed by atoms with Crippen LogP contribution >= 0.6 is 0 Å². The minimum Gasteiger partial charge on any atom is -0.460 e. The van der Waals surface area contributed by atoms with Gasteiger partial charge in [-0.05, 0) is 67.8 Å². The maximum Gasteiger partial charge on any atom is 0.318 e. The van der Waals surface area contributed by atoms with Crippen molar-refractivity contribution in [3.8, 4) is 0 Å². The molecule has 27 heavy (non-hydrogen) atoms. The number of hydrogen-bond donors (Lipinski definition) is 0. The number of ether oxygens (including phenoxy) is 1. The van der Waals surface area contributed by atoms with Crippen LogP contribution in [0.1, 0.15) is 53.9 Å². The van der Waals surface area contributed by atoms with Gasteiger partial charge in [0.1, 0.15) is 12.0 Å². The summed E-state index contributed by atoms with van der Waals surface area (Å²) in [6.07, 6.45) is 6.52. The summed E-state index contributed by atoms with van der Waals surface area (Å²) < 4.78 is 6.22. The molecule has 3 aliphatic rings. The molecule has 2 unspecified atom stereocenters. The van der Waals surface area contributed by atoms with Crippen LogP contribution in [-0.2, 0) is 22.4 Å². The van der Waals surface area contributed by atoms with Crippen LogP contribution in [0.4, 0.5) is 0 Å². The molecule has 2 aromatic rings. The smallest absolute Gasteiger partial charge is 0.318 e. The maximum atomic E-state index is 13.5. The highest BCUT2D eigenvalue weighted by atomic mass is 16.5. The zero-order valence-electron chi connectivity index (χ0n) is 15.9. The van der Waals surface area contributed by atoms with Crippen molar-refractivity contribution in [1.29, 1.82) is 0 Å². The number of rotatable bonds is 2. The van der Waals surface area contributed by atoms with E-state index in [9.17, 15) is 4.79 Å². The highest BCUT2D eigenvalue weighted by Gasteiger charge is 2.43. The number of aryl methyl sites for hydroxylation is 2. The first kappa shape index (κ1) is 17.0. The maximum absolute atomic E-state index is 13.5. The molecule has 0 aromatic heterocycles. The minimum absolute atomic E-state index is 0.0313. The van der Waals surface area contributed by atoms with Gasteiger partial charge in [-0.25, -0.2) is 0 Å². The van der Waals surface area contributed by atoms with Crippen LogP contribution in [0.15, 0.2) is 48.5 Å². The van der Waals surface area contributed by atoms with E-state index in [1.54, 1.807) is 0 Å². The van der Waals surface area contributed by atoms with E-state index in [-0.39, 0.29) is 18.0 Å². The fourth-order valence-electron chi connectivity index (χ4n) is 5.52. The number of hydrogen-bond acceptors (Lipinski definition) is 3. The first-order chi connectivity index (χ1) is 13.2. The monoisotopic (exact) mass is 361 g/mol. The fraction of sp³-hybridized carbons (Fsp3) is 0.458. The number of piperidine rings is 1. The Labute approximate surface area is 161 Å². The molecule has 0 amide bonds. The van der Waals surface area contributed by atoms with Gasteiger partial charge in [-0.1, -0.05) is 48.5 Å². The highest BCUT2D eigenvalue weighted by molar-refractivity contribution is 5.84. The second-order valence-electron chi connectivity index (χ2n) is 8.35. The predicted molar refractivity (Wildman–Crippen MR) is 106 cm³/mol. The van der Waals surface area contributed by atoms with E-state index >= 15 is 0 Å². The molecule has 0 radical (unpaired) electrons. The Kier molecular flexibility index (Phi) is 4.28. The summed E-state index contributed by atoms with van der Waals surface area (Å²) in [6, 6.07) is 17.9. The van der Waals surface area contributed by atoms with Gasteiger partial charge in [0.15, 0.2) is 0 Å². The number of benzene rings is 2. The molecule has 0 spiro atoms. The largest absolute Gasteiger partial charge is 0.460 e. The predicted octanol–water partition coefficient (Wildman–Crippen LogP) is 4.09. The first-order valence-corrected chi connectivity index (χ1v) is 10.3. The molecule has 2 aromatic carbocycles. The molecule has 2 aliphatic heterocycles. The molecule has 2 fully saturated rings. The van der Waals surface area contributed by atoms with Crippen molar-refractivity contribution in [1.82, 2.24) is 4.90 Å². The van der Waals surface area contributed by atoms with Crippen molar-refractivity contribution in [3.05, 3.63) is 70.8 Å². The quantitative estimate of drug-likeness (QED) is 0.755. The van der Waals surface area contributed by atoms with Crippen LogP contribution < -0.4 is 0 Å². The van der Waals surface area contributed by atoms with Crippen molar-refractivity contribution in [3.63, 3.8) is 0 Å². The van der Waals surface area contributed by atoms with Gasteiger partial charge in [0.05, 0.1) is 0 Å². The van der Waals surface area contributed by atoms with Gasteiger partial charge in [0.2, 0.25) is 0 Å². The van der Waals surface area contributed by atoms with E-state index in [4.69, 9.17) is 4.74 Å². The lowest BCUT2D eigenvalue weighted by molar-refractivity contribution is -0.155. The van der Waals surface area contributed by atoms with Crippen molar-refractivity contribution in [2.45, 2.75) is 62.6 Å². The number of carbonyl (C=O) groups is 1. The van der Waals surface area contributed by atoms with Crippen molar-refractivity contribution in [2.75, 3.05) is 7.05 Å². The second kappa shape index (κ2) is 6.79. The average Bonchev–Trinajstić information content (AvgIpc) is 2.85. The summed E-state index contributed by atoms with van der Waals surface area (Å²) >= 11 is 0. The van der Waals surface area contributed by atoms with Crippen molar-refractivity contribution >= 4 is 5.97 Å². The molecule has 5 rings (SSSR count). The molecular formula is C24H27NO2. The van der Waals surface area contributed by atoms with Gasteiger partial charge in [-0.2, -0.15) is 0 Å². The Morgan fingerprint density at radius 2 is 1.48 bits per heavy atom. The van der Waals surface area contributed by atoms with Gasteiger partial charge < -0.3 is 4.74 Å². The summed E-state index contributed by atoms with van der Waals surface area (Å²) in [6.45, 7) is 0. The molecule has 2 saturated heterocycles. The molecule has 140 valence electrons. The van der Waals surface area contributed by atoms with E-state index in [0.29, 0.717) is 12.1 Å². The zero-order valence-corrected chi connectivity index (χ0v) is 15.9. The molecule has 2 bridgehead atoms. The number of esters is 1. The summed E-state index contributed by atoms with van der Waals surface area (Å²) in [5, 5.41) is 0. The molecule has 3 atom stereocenters. The third-order valence-electron chi connectivity index (χ3n) is 7.01. The van der Waals surface area contributed by atoms with Crippen molar-refractivity contribution < 1.29 is 9.53 Å². The summed E-state index contributed by atoms with van der Waals surface area (Å²) in [7, 11) is 2.19. The first-order valence-electron chi connectivity index (χ1n) is 10.3. The standard InChI is InChI=1S/C24H27NO2/c1-25-18-12-14-21(25)22(15-13-18)27-24(26)23-19-8-4-2-6-16(19)10-11-17-7-3-5-9-20(17)23/h2-9,18,21-23H,10-15H2,1H3/t18?,21?,22-/m0/s1. The fourth-order valence-corrected chi connectivity index (χ4v) is 5.52. The Balaban J connectivity index is 1.49. The van der Waals surface area contributed by atoms with E-state index in [1.165, 1.54) is 17.5 Å². The average molecular weight is 361 g/mol. The van der Waals surface area contributed by atoms with Crippen LogP contribution in [0.25, 0.3) is 0 Å². The number of nitrogens with zero attached hydrogens (tertiary/aromatic N) is 1. The normalized spacial score (nSPS) is 27.5. The lowest BCUT2D eigenvalue weighted by Crippen LogP contribution is -2.47. The van der Waals surface area contributed by atoms with E-state index < -0.39 is 0 Å². The Morgan fingerprint density at radius 1 is 0.889 bits per heavy atom. The molecule has 0 saturated carbocycles. The topological polar surface area (TPSA) is 29.5 Å².